The van der Waals surface area contributed by atoms with Gasteiger partial charge in [-0.15, -0.1) is 0 Å². The van der Waals surface area contributed by atoms with E-state index in [9.17, 15) is 4.79 Å². The largest absolute Gasteiger partial charge is 0.332 e. The number of hydrogen-bond donors (Lipinski definition) is 0. The monoisotopic (exact) mass is 190 g/mol. The molecule has 0 amide bonds. The minimum Gasteiger partial charge on any atom is -0.332 e. The molecule has 5 heteroatoms. The SMILES string of the molecule is Cn1ccnc1C(=O)Cn1cccn1. The molecule has 0 saturated carbocycles. The molecule has 0 spiro atoms. The number of aryl methyl sites for hydroxylation is 1. The molecule has 0 atom stereocenters. The number of hydrogen-bond acceptors (Lipinski definition) is 3. The standard InChI is InChI=1S/C9H10N4O/c1-12-6-4-10-9(12)8(14)7-13-5-2-3-11-13/h2-6H,7H2,1H3. The predicted molar refractivity (Wildman–Crippen MR) is 49.8 cm³/mol. The van der Waals surface area contributed by atoms with Crippen LogP contribution in [-0.4, -0.2) is 25.1 Å². The number of carbonyl (C=O) groups excluding carboxylic acids is 1. The van der Waals surface area contributed by atoms with E-state index in [0.29, 0.717) is 5.82 Å². The fourth-order valence-corrected chi connectivity index (χ4v) is 1.25. The summed E-state index contributed by atoms with van der Waals surface area (Å²) < 4.78 is 3.28. The zero-order valence-electron chi connectivity index (χ0n) is 7.79. The summed E-state index contributed by atoms with van der Waals surface area (Å²) in [5.41, 5.74) is 0. The molecular formula is C9H10N4O. The number of Topliss-reactive ketones (excluding diaryl/α,β-unsaturated/α-hetero) is 1. The first kappa shape index (κ1) is 8.68. The van der Waals surface area contributed by atoms with Gasteiger partial charge in [-0.25, -0.2) is 4.98 Å². The Kier molecular flexibility index (Phi) is 2.14. The van der Waals surface area contributed by atoms with E-state index in [4.69, 9.17) is 0 Å². The van der Waals surface area contributed by atoms with Crippen molar-refractivity contribution in [1.29, 1.82) is 0 Å². The van der Waals surface area contributed by atoms with E-state index in [-0.39, 0.29) is 12.3 Å². The van der Waals surface area contributed by atoms with Crippen LogP contribution in [0.4, 0.5) is 0 Å². The van der Waals surface area contributed by atoms with Crippen LogP contribution in [0.3, 0.4) is 0 Å². The third kappa shape index (κ3) is 1.56. The summed E-state index contributed by atoms with van der Waals surface area (Å²) in [6.45, 7) is 0.234. The Morgan fingerprint density at radius 1 is 1.43 bits per heavy atom. The summed E-state index contributed by atoms with van der Waals surface area (Å²) >= 11 is 0. The Labute approximate surface area is 81.0 Å². The Hall–Kier alpha value is -1.91. The molecule has 0 saturated heterocycles. The fourth-order valence-electron chi connectivity index (χ4n) is 1.25. The summed E-state index contributed by atoms with van der Waals surface area (Å²) in [5.74, 6) is 0.418. The lowest BCUT2D eigenvalue weighted by molar-refractivity contribution is 0.0954. The molecular weight excluding hydrogens is 180 g/mol. The van der Waals surface area contributed by atoms with Crippen molar-refractivity contribution in [1.82, 2.24) is 19.3 Å². The second-order valence-electron chi connectivity index (χ2n) is 2.99. The third-order valence-corrected chi connectivity index (χ3v) is 1.94. The number of aromatic nitrogens is 4. The Balaban J connectivity index is 2.14. The van der Waals surface area contributed by atoms with Crippen LogP contribution in [0, 0.1) is 0 Å². The minimum absolute atomic E-state index is 0.0406. The van der Waals surface area contributed by atoms with Crippen LogP contribution in [0.5, 0.6) is 0 Å². The molecule has 14 heavy (non-hydrogen) atoms. The molecule has 2 heterocycles. The predicted octanol–water partition coefficient (Wildman–Crippen LogP) is 0.500. The summed E-state index contributed by atoms with van der Waals surface area (Å²) in [6, 6.07) is 1.78. The summed E-state index contributed by atoms with van der Waals surface area (Å²) in [7, 11) is 1.79. The molecule has 2 aromatic heterocycles. The number of carbonyl (C=O) groups is 1. The van der Waals surface area contributed by atoms with E-state index >= 15 is 0 Å². The molecule has 0 unspecified atom stereocenters. The maximum Gasteiger partial charge on any atom is 0.219 e. The topological polar surface area (TPSA) is 52.7 Å². The van der Waals surface area contributed by atoms with Gasteiger partial charge >= 0.3 is 0 Å². The van der Waals surface area contributed by atoms with Crippen LogP contribution in [0.15, 0.2) is 30.9 Å². The first-order valence-electron chi connectivity index (χ1n) is 4.25. The summed E-state index contributed by atoms with van der Waals surface area (Å²) in [4.78, 5) is 15.6. The molecule has 2 rings (SSSR count). The zero-order valence-corrected chi connectivity index (χ0v) is 7.79. The quantitative estimate of drug-likeness (QED) is 0.662. The highest BCUT2D eigenvalue weighted by Gasteiger charge is 2.10. The zero-order chi connectivity index (χ0) is 9.97. The van der Waals surface area contributed by atoms with Crippen molar-refractivity contribution < 1.29 is 4.79 Å². The van der Waals surface area contributed by atoms with E-state index < -0.39 is 0 Å². The van der Waals surface area contributed by atoms with Crippen LogP contribution in [0.2, 0.25) is 0 Å². The molecule has 0 N–H and O–H groups in total. The van der Waals surface area contributed by atoms with Crippen LogP contribution < -0.4 is 0 Å². The Bertz CT molecular complexity index is 429. The van der Waals surface area contributed by atoms with Gasteiger partial charge in [0, 0.05) is 31.8 Å². The fraction of sp³-hybridized carbons (Fsp3) is 0.222. The molecule has 0 aliphatic carbocycles. The lowest BCUT2D eigenvalue weighted by atomic mass is 10.4. The average Bonchev–Trinajstić information content (AvgIpc) is 2.75. The van der Waals surface area contributed by atoms with Crippen molar-refractivity contribution in [2.24, 2.45) is 7.05 Å². The van der Waals surface area contributed by atoms with Crippen molar-refractivity contribution in [2.75, 3.05) is 0 Å². The highest BCUT2D eigenvalue weighted by atomic mass is 16.1. The van der Waals surface area contributed by atoms with Gasteiger partial charge < -0.3 is 4.57 Å². The van der Waals surface area contributed by atoms with Gasteiger partial charge in [-0.2, -0.15) is 5.10 Å². The average molecular weight is 190 g/mol. The molecule has 0 aliphatic heterocycles. The van der Waals surface area contributed by atoms with Gasteiger partial charge in [0.05, 0.1) is 0 Å². The minimum atomic E-state index is -0.0406. The first-order valence-corrected chi connectivity index (χ1v) is 4.25. The number of ketones is 1. The van der Waals surface area contributed by atoms with E-state index in [1.807, 2.05) is 0 Å². The van der Waals surface area contributed by atoms with Crippen LogP contribution >= 0.6 is 0 Å². The van der Waals surface area contributed by atoms with E-state index in [0.717, 1.165) is 0 Å². The highest BCUT2D eigenvalue weighted by molar-refractivity contribution is 5.92. The molecule has 0 aromatic carbocycles. The van der Waals surface area contributed by atoms with Gasteiger partial charge in [0.2, 0.25) is 5.78 Å². The highest BCUT2D eigenvalue weighted by Crippen LogP contribution is 1.98. The number of rotatable bonds is 3. The smallest absolute Gasteiger partial charge is 0.219 e. The maximum atomic E-state index is 11.6. The van der Waals surface area contributed by atoms with Crippen LogP contribution in [-0.2, 0) is 13.6 Å². The molecule has 0 fully saturated rings. The first-order chi connectivity index (χ1) is 6.77. The van der Waals surface area contributed by atoms with Crippen molar-refractivity contribution >= 4 is 5.78 Å². The van der Waals surface area contributed by atoms with E-state index in [1.165, 1.54) is 0 Å². The lowest BCUT2D eigenvalue weighted by Crippen LogP contribution is -2.14. The summed E-state index contributed by atoms with van der Waals surface area (Å²) in [6.07, 6.45) is 6.75. The van der Waals surface area contributed by atoms with Crippen molar-refractivity contribution in [3.8, 4) is 0 Å². The second kappa shape index (κ2) is 3.45. The van der Waals surface area contributed by atoms with Crippen LogP contribution in [0.1, 0.15) is 10.6 Å². The van der Waals surface area contributed by atoms with Gasteiger partial charge in [-0.3, -0.25) is 9.48 Å². The molecule has 72 valence electrons. The van der Waals surface area contributed by atoms with Crippen molar-refractivity contribution in [3.63, 3.8) is 0 Å². The van der Waals surface area contributed by atoms with Crippen molar-refractivity contribution in [2.45, 2.75) is 6.54 Å². The molecule has 0 aliphatic rings. The molecule has 0 radical (unpaired) electrons. The normalized spacial score (nSPS) is 10.4. The maximum absolute atomic E-state index is 11.6. The van der Waals surface area contributed by atoms with Crippen LogP contribution in [0.25, 0.3) is 0 Å². The second-order valence-corrected chi connectivity index (χ2v) is 2.99. The van der Waals surface area contributed by atoms with Gasteiger partial charge in [0.1, 0.15) is 6.54 Å². The third-order valence-electron chi connectivity index (χ3n) is 1.94. The van der Waals surface area contributed by atoms with Gasteiger partial charge in [-0.1, -0.05) is 0 Å². The van der Waals surface area contributed by atoms with E-state index in [1.54, 1.807) is 47.2 Å². The van der Waals surface area contributed by atoms with Crippen molar-refractivity contribution in [3.05, 3.63) is 36.7 Å². The molecule has 2 aromatic rings. The van der Waals surface area contributed by atoms with E-state index in [2.05, 4.69) is 10.1 Å². The summed E-state index contributed by atoms with van der Waals surface area (Å²) in [5, 5.41) is 3.95. The molecule has 0 bridgehead atoms. The number of imidazole rings is 1. The Morgan fingerprint density at radius 2 is 2.29 bits per heavy atom. The Morgan fingerprint density at radius 3 is 2.86 bits per heavy atom. The molecule has 5 nitrogen and oxygen atoms in total. The van der Waals surface area contributed by atoms with Gasteiger partial charge in [0.25, 0.3) is 0 Å². The van der Waals surface area contributed by atoms with Gasteiger partial charge in [0.15, 0.2) is 5.82 Å². The van der Waals surface area contributed by atoms with Gasteiger partial charge in [-0.05, 0) is 6.07 Å². The lowest BCUT2D eigenvalue weighted by Gasteiger charge is -2.00. The number of nitrogens with zero attached hydrogens (tertiary/aromatic N) is 4.